The summed E-state index contributed by atoms with van der Waals surface area (Å²) in [5.41, 5.74) is 3.63. The lowest BCUT2D eigenvalue weighted by atomic mass is 10.0. The van der Waals surface area contributed by atoms with Crippen molar-refractivity contribution in [2.24, 2.45) is 0 Å². The van der Waals surface area contributed by atoms with E-state index in [4.69, 9.17) is 16.3 Å². The number of carbonyl (C=O) groups is 2. The fourth-order valence-electron chi connectivity index (χ4n) is 3.94. The predicted molar refractivity (Wildman–Crippen MR) is 112 cm³/mol. The topological polar surface area (TPSA) is 49.9 Å². The van der Waals surface area contributed by atoms with E-state index in [1.165, 1.54) is 18.9 Å². The number of nitrogens with zero attached hydrogens (tertiary/aromatic N) is 2. The third kappa shape index (κ3) is 2.91. The van der Waals surface area contributed by atoms with Crippen LogP contribution in [-0.2, 0) is 25.7 Å². The lowest BCUT2D eigenvalue weighted by Crippen LogP contribution is -2.51. The molecule has 2 aliphatic heterocycles. The molecule has 2 heterocycles. The molecule has 28 heavy (non-hydrogen) atoms. The Labute approximate surface area is 173 Å². The van der Waals surface area contributed by atoms with E-state index in [0.29, 0.717) is 23.9 Å². The molecule has 1 fully saturated rings. The summed E-state index contributed by atoms with van der Waals surface area (Å²) in [6, 6.07) is 13.5. The Bertz CT molecular complexity index is 951. The first-order valence-electron chi connectivity index (χ1n) is 9.09. The van der Waals surface area contributed by atoms with Crippen LogP contribution in [0, 0.1) is 6.92 Å². The number of amides is 2. The second-order valence-corrected chi connectivity index (χ2v) is 8.67. The van der Waals surface area contributed by atoms with Crippen molar-refractivity contribution in [3.05, 3.63) is 64.2 Å². The monoisotopic (exact) mass is 416 g/mol. The van der Waals surface area contributed by atoms with E-state index >= 15 is 0 Å². The Morgan fingerprint density at radius 1 is 1.29 bits per heavy atom. The van der Waals surface area contributed by atoms with Gasteiger partial charge in [-0.2, -0.15) is 0 Å². The number of thioether (sulfide) groups is 1. The first-order chi connectivity index (χ1) is 13.5. The van der Waals surface area contributed by atoms with Crippen molar-refractivity contribution in [3.63, 3.8) is 0 Å². The molecule has 1 spiro atoms. The van der Waals surface area contributed by atoms with E-state index in [-0.39, 0.29) is 18.4 Å². The molecule has 2 amide bonds. The normalized spacial score (nSPS) is 20.9. The smallest absolute Gasteiger partial charge is 0.268 e. The summed E-state index contributed by atoms with van der Waals surface area (Å²) < 4.78 is 5.06. The van der Waals surface area contributed by atoms with Crippen molar-refractivity contribution < 1.29 is 14.3 Å². The van der Waals surface area contributed by atoms with Gasteiger partial charge in [0.1, 0.15) is 6.61 Å². The number of anilines is 1. The van der Waals surface area contributed by atoms with Gasteiger partial charge in [0.25, 0.3) is 5.91 Å². The maximum Gasteiger partial charge on any atom is 0.268 e. The van der Waals surface area contributed by atoms with E-state index < -0.39 is 4.87 Å². The van der Waals surface area contributed by atoms with E-state index in [1.54, 1.807) is 9.80 Å². The minimum atomic E-state index is -1.03. The fraction of sp³-hybridized carbons (Fsp3) is 0.333. The molecule has 2 aliphatic rings. The van der Waals surface area contributed by atoms with E-state index in [2.05, 4.69) is 0 Å². The molecule has 146 valence electrons. The standard InChI is InChI=1S/C21H21ClN2O3S/c1-14-7-8-18-16(11-14)21(24(9-10-28-21)19(25)13-27-2)20(26)23(18)12-15-5-3-4-6-17(15)22/h3-8,11H,9-10,12-13H2,1-2H3. The second kappa shape index (κ2) is 7.43. The molecule has 0 aromatic heterocycles. The Morgan fingerprint density at radius 3 is 2.82 bits per heavy atom. The Kier molecular flexibility index (Phi) is 5.12. The highest BCUT2D eigenvalue weighted by molar-refractivity contribution is 8.01. The Morgan fingerprint density at radius 2 is 2.07 bits per heavy atom. The van der Waals surface area contributed by atoms with E-state index in [9.17, 15) is 9.59 Å². The highest BCUT2D eigenvalue weighted by Gasteiger charge is 2.59. The molecule has 2 aromatic carbocycles. The molecule has 0 aliphatic carbocycles. The average Bonchev–Trinajstić information content (AvgIpc) is 3.21. The van der Waals surface area contributed by atoms with Crippen molar-refractivity contribution in [2.45, 2.75) is 18.3 Å². The van der Waals surface area contributed by atoms with Crippen LogP contribution >= 0.6 is 23.4 Å². The van der Waals surface area contributed by atoms with Crippen LogP contribution in [0.4, 0.5) is 5.69 Å². The number of rotatable bonds is 4. The number of halogens is 1. The van der Waals surface area contributed by atoms with Gasteiger partial charge in [0.15, 0.2) is 4.87 Å². The summed E-state index contributed by atoms with van der Waals surface area (Å²) in [7, 11) is 1.49. The van der Waals surface area contributed by atoms with Gasteiger partial charge in [0.05, 0.1) is 12.2 Å². The zero-order valence-electron chi connectivity index (χ0n) is 15.8. The van der Waals surface area contributed by atoms with Gasteiger partial charge >= 0.3 is 0 Å². The molecule has 1 atom stereocenters. The summed E-state index contributed by atoms with van der Waals surface area (Å²) in [4.78, 5) is 28.9. The third-order valence-corrected chi connectivity index (χ3v) is 6.99. The fourth-order valence-corrected chi connectivity index (χ4v) is 5.61. The summed E-state index contributed by atoms with van der Waals surface area (Å²) in [5.74, 6) is 0.432. The number of ether oxygens (including phenoxy) is 1. The number of benzene rings is 2. The largest absolute Gasteiger partial charge is 0.375 e. The summed E-state index contributed by atoms with van der Waals surface area (Å²) >= 11 is 7.87. The van der Waals surface area contributed by atoms with Gasteiger partial charge in [0, 0.05) is 30.0 Å². The average molecular weight is 417 g/mol. The van der Waals surface area contributed by atoms with Crippen LogP contribution in [0.1, 0.15) is 16.7 Å². The molecule has 1 saturated heterocycles. The zero-order chi connectivity index (χ0) is 19.9. The molecule has 0 radical (unpaired) electrons. The van der Waals surface area contributed by atoms with Gasteiger partial charge in [0.2, 0.25) is 5.91 Å². The molecular formula is C21H21ClN2O3S. The molecule has 5 nitrogen and oxygen atoms in total. The van der Waals surface area contributed by atoms with Crippen LogP contribution in [0.5, 0.6) is 0 Å². The minimum Gasteiger partial charge on any atom is -0.375 e. The molecule has 7 heteroatoms. The predicted octanol–water partition coefficient (Wildman–Crippen LogP) is 3.57. The Balaban J connectivity index is 1.81. The van der Waals surface area contributed by atoms with Gasteiger partial charge in [-0.15, -0.1) is 11.8 Å². The number of aryl methyl sites for hydroxylation is 1. The van der Waals surface area contributed by atoms with Crippen LogP contribution in [-0.4, -0.2) is 42.7 Å². The maximum absolute atomic E-state index is 13.8. The molecular weight excluding hydrogens is 396 g/mol. The zero-order valence-corrected chi connectivity index (χ0v) is 17.3. The highest BCUT2D eigenvalue weighted by Crippen LogP contribution is 2.54. The second-order valence-electron chi connectivity index (χ2n) is 6.97. The summed E-state index contributed by atoms with van der Waals surface area (Å²) in [6.07, 6.45) is 0. The molecule has 4 rings (SSSR count). The first-order valence-corrected chi connectivity index (χ1v) is 10.4. The van der Waals surface area contributed by atoms with Crippen molar-refractivity contribution in [1.82, 2.24) is 4.90 Å². The van der Waals surface area contributed by atoms with Crippen LogP contribution < -0.4 is 4.90 Å². The van der Waals surface area contributed by atoms with Crippen molar-refractivity contribution in [3.8, 4) is 0 Å². The van der Waals surface area contributed by atoms with E-state index in [1.807, 2.05) is 49.4 Å². The quantitative estimate of drug-likeness (QED) is 0.764. The lowest BCUT2D eigenvalue weighted by Gasteiger charge is -2.33. The van der Waals surface area contributed by atoms with Crippen LogP contribution in [0.2, 0.25) is 5.02 Å². The van der Waals surface area contributed by atoms with Crippen LogP contribution in [0.3, 0.4) is 0 Å². The number of fused-ring (bicyclic) bond motifs is 2. The highest BCUT2D eigenvalue weighted by atomic mass is 35.5. The molecule has 1 unspecified atom stereocenters. The van der Waals surface area contributed by atoms with Gasteiger partial charge in [-0.05, 0) is 24.6 Å². The maximum atomic E-state index is 13.8. The van der Waals surface area contributed by atoms with Gasteiger partial charge in [-0.3, -0.25) is 9.59 Å². The van der Waals surface area contributed by atoms with Crippen molar-refractivity contribution >= 4 is 40.9 Å². The van der Waals surface area contributed by atoms with Crippen LogP contribution in [0.15, 0.2) is 42.5 Å². The lowest BCUT2D eigenvalue weighted by molar-refractivity contribution is -0.143. The molecule has 0 saturated carbocycles. The molecule has 0 bridgehead atoms. The number of hydrogen-bond donors (Lipinski definition) is 0. The first kappa shape index (κ1) is 19.3. The van der Waals surface area contributed by atoms with E-state index in [0.717, 1.165) is 22.4 Å². The number of hydrogen-bond acceptors (Lipinski definition) is 4. The van der Waals surface area contributed by atoms with Gasteiger partial charge < -0.3 is 14.5 Å². The SMILES string of the molecule is COCC(=O)N1CCSC12C(=O)N(Cc1ccccc1Cl)c1ccc(C)cc12. The molecule has 2 aromatic rings. The van der Waals surface area contributed by atoms with Gasteiger partial charge in [-0.25, -0.2) is 0 Å². The summed E-state index contributed by atoms with van der Waals surface area (Å²) in [5, 5.41) is 0.622. The Hall–Kier alpha value is -2.02. The van der Waals surface area contributed by atoms with Gasteiger partial charge in [-0.1, -0.05) is 47.5 Å². The summed E-state index contributed by atoms with van der Waals surface area (Å²) in [6.45, 7) is 2.84. The molecule has 0 N–H and O–H groups in total. The third-order valence-electron chi connectivity index (χ3n) is 5.20. The number of carbonyl (C=O) groups excluding carboxylic acids is 2. The van der Waals surface area contributed by atoms with Crippen LogP contribution in [0.25, 0.3) is 0 Å². The minimum absolute atomic E-state index is 0.0404. The number of methoxy groups -OCH3 is 1. The van der Waals surface area contributed by atoms with Crippen molar-refractivity contribution in [2.75, 3.05) is 30.9 Å². The van der Waals surface area contributed by atoms with Crippen molar-refractivity contribution in [1.29, 1.82) is 0 Å².